The molecule has 0 bridgehead atoms. The molecule has 3 nitrogen and oxygen atoms in total. The first-order chi connectivity index (χ1) is 8.54. The van der Waals surface area contributed by atoms with Gasteiger partial charge < -0.3 is 0 Å². The summed E-state index contributed by atoms with van der Waals surface area (Å²) in [4.78, 5) is 12.3. The summed E-state index contributed by atoms with van der Waals surface area (Å²) in [5.74, 6) is 1.07. The molecular formula is C14H21ClN2O. The van der Waals surface area contributed by atoms with E-state index >= 15 is 0 Å². The second-order valence-corrected chi connectivity index (χ2v) is 5.72. The molecular weight excluding hydrogens is 248 g/mol. The minimum Gasteiger partial charge on any atom is -0.299 e. The third-order valence-corrected chi connectivity index (χ3v) is 4.56. The van der Waals surface area contributed by atoms with E-state index in [9.17, 15) is 4.79 Å². The molecule has 0 aromatic carbocycles. The lowest BCUT2D eigenvalue weighted by atomic mass is 9.91. The topological polar surface area (TPSA) is 34.9 Å². The predicted octanol–water partition coefficient (Wildman–Crippen LogP) is 3.18. The molecule has 1 aliphatic carbocycles. The van der Waals surface area contributed by atoms with E-state index in [1.165, 1.54) is 12.8 Å². The van der Waals surface area contributed by atoms with Crippen LogP contribution < -0.4 is 0 Å². The molecule has 0 N–H and O–H groups in total. The van der Waals surface area contributed by atoms with Crippen LogP contribution in [0.25, 0.3) is 0 Å². The molecule has 4 heteroatoms. The molecule has 0 spiro atoms. The Bertz CT molecular complexity index is 453. The van der Waals surface area contributed by atoms with E-state index in [4.69, 9.17) is 11.6 Å². The Morgan fingerprint density at radius 3 is 2.72 bits per heavy atom. The fourth-order valence-corrected chi connectivity index (χ4v) is 3.29. The van der Waals surface area contributed by atoms with E-state index in [1.54, 1.807) is 4.68 Å². The van der Waals surface area contributed by atoms with Crippen molar-refractivity contribution < 1.29 is 4.79 Å². The van der Waals surface area contributed by atoms with Crippen molar-refractivity contribution in [1.29, 1.82) is 0 Å². The van der Waals surface area contributed by atoms with Gasteiger partial charge >= 0.3 is 0 Å². The van der Waals surface area contributed by atoms with Crippen LogP contribution in [0.1, 0.15) is 44.5 Å². The average Bonchev–Trinajstić information content (AvgIpc) is 2.87. The number of rotatable bonds is 4. The number of hydrogen-bond acceptors (Lipinski definition) is 2. The minimum atomic E-state index is 0.223. The number of nitrogens with zero attached hydrogens (tertiary/aromatic N) is 2. The summed E-state index contributed by atoms with van der Waals surface area (Å²) in [5.41, 5.74) is 1.76. The molecule has 1 aromatic heterocycles. The van der Waals surface area contributed by atoms with Crippen molar-refractivity contribution >= 4 is 17.4 Å². The summed E-state index contributed by atoms with van der Waals surface area (Å²) in [5, 5.41) is 5.04. The largest absolute Gasteiger partial charge is 0.299 e. The SMILES string of the molecule is CCc1nn(C)c(CC(=O)C2CCCC2C)c1Cl. The summed E-state index contributed by atoms with van der Waals surface area (Å²) in [6.07, 6.45) is 4.63. The van der Waals surface area contributed by atoms with Crippen LogP contribution in [0.4, 0.5) is 0 Å². The van der Waals surface area contributed by atoms with Crippen molar-refractivity contribution in [3.8, 4) is 0 Å². The van der Waals surface area contributed by atoms with Gasteiger partial charge in [0.1, 0.15) is 5.78 Å². The Kier molecular flexibility index (Phi) is 4.10. The van der Waals surface area contributed by atoms with Crippen LogP contribution in [0.15, 0.2) is 0 Å². The van der Waals surface area contributed by atoms with E-state index in [0.717, 1.165) is 24.2 Å². The third kappa shape index (κ3) is 2.46. The van der Waals surface area contributed by atoms with Crippen LogP contribution in [0, 0.1) is 11.8 Å². The summed E-state index contributed by atoms with van der Waals surface area (Å²) in [6, 6.07) is 0. The van der Waals surface area contributed by atoms with Gasteiger partial charge in [-0.1, -0.05) is 31.9 Å². The lowest BCUT2D eigenvalue weighted by Gasteiger charge is -2.13. The van der Waals surface area contributed by atoms with Gasteiger partial charge in [0.15, 0.2) is 0 Å². The summed E-state index contributed by atoms with van der Waals surface area (Å²) in [7, 11) is 1.87. The molecule has 1 saturated carbocycles. The monoisotopic (exact) mass is 268 g/mol. The van der Waals surface area contributed by atoms with Crippen molar-refractivity contribution in [2.45, 2.75) is 46.0 Å². The molecule has 2 rings (SSSR count). The Labute approximate surface area is 114 Å². The highest BCUT2D eigenvalue weighted by Crippen LogP contribution is 2.33. The summed E-state index contributed by atoms with van der Waals surface area (Å²) < 4.78 is 1.76. The zero-order valence-electron chi connectivity index (χ0n) is 11.4. The van der Waals surface area contributed by atoms with Crippen LogP contribution in [0.2, 0.25) is 5.02 Å². The highest BCUT2D eigenvalue weighted by Gasteiger charge is 2.30. The first kappa shape index (κ1) is 13.6. The molecule has 2 atom stereocenters. The number of carbonyl (C=O) groups is 1. The first-order valence-corrected chi connectivity index (χ1v) is 7.15. The summed E-state index contributed by atoms with van der Waals surface area (Å²) >= 11 is 6.28. The number of aromatic nitrogens is 2. The van der Waals surface area contributed by atoms with Gasteiger partial charge in [0.2, 0.25) is 0 Å². The molecule has 1 fully saturated rings. The van der Waals surface area contributed by atoms with E-state index in [0.29, 0.717) is 23.1 Å². The van der Waals surface area contributed by atoms with Crippen LogP contribution in [0.3, 0.4) is 0 Å². The van der Waals surface area contributed by atoms with Gasteiger partial charge in [-0.05, 0) is 25.2 Å². The first-order valence-electron chi connectivity index (χ1n) is 6.77. The van der Waals surface area contributed by atoms with Gasteiger partial charge in [0.25, 0.3) is 0 Å². The Hall–Kier alpha value is -0.830. The fourth-order valence-electron chi connectivity index (χ4n) is 2.93. The van der Waals surface area contributed by atoms with Crippen molar-refractivity contribution in [3.63, 3.8) is 0 Å². The molecule has 0 aliphatic heterocycles. The quantitative estimate of drug-likeness (QED) is 0.841. The van der Waals surface area contributed by atoms with E-state index in [-0.39, 0.29) is 5.92 Å². The van der Waals surface area contributed by atoms with Crippen LogP contribution >= 0.6 is 11.6 Å². The molecule has 0 saturated heterocycles. The molecule has 0 radical (unpaired) electrons. The number of aryl methyl sites for hydroxylation is 2. The highest BCUT2D eigenvalue weighted by molar-refractivity contribution is 6.32. The van der Waals surface area contributed by atoms with Gasteiger partial charge in [0, 0.05) is 13.0 Å². The van der Waals surface area contributed by atoms with Crippen molar-refractivity contribution in [3.05, 3.63) is 16.4 Å². The second kappa shape index (κ2) is 5.43. The van der Waals surface area contributed by atoms with Crippen LogP contribution in [-0.2, 0) is 24.7 Å². The molecule has 100 valence electrons. The number of halogens is 1. The van der Waals surface area contributed by atoms with Crippen LogP contribution in [-0.4, -0.2) is 15.6 Å². The molecule has 18 heavy (non-hydrogen) atoms. The number of hydrogen-bond donors (Lipinski definition) is 0. The molecule has 1 heterocycles. The minimum absolute atomic E-state index is 0.223. The van der Waals surface area contributed by atoms with Crippen molar-refractivity contribution in [1.82, 2.24) is 9.78 Å². The standard InChI is InChI=1S/C14H21ClN2O/c1-4-11-14(15)12(17(3)16-11)8-13(18)10-7-5-6-9(10)2/h9-10H,4-8H2,1-3H3. The second-order valence-electron chi connectivity index (χ2n) is 5.34. The Morgan fingerprint density at radius 1 is 1.50 bits per heavy atom. The van der Waals surface area contributed by atoms with Gasteiger partial charge in [-0.3, -0.25) is 9.48 Å². The van der Waals surface area contributed by atoms with Crippen LogP contribution in [0.5, 0.6) is 0 Å². The van der Waals surface area contributed by atoms with Gasteiger partial charge in [-0.15, -0.1) is 0 Å². The van der Waals surface area contributed by atoms with Crippen molar-refractivity contribution in [2.24, 2.45) is 18.9 Å². The van der Waals surface area contributed by atoms with Gasteiger partial charge in [-0.25, -0.2) is 0 Å². The molecule has 0 amide bonds. The number of carbonyl (C=O) groups excluding carboxylic acids is 1. The third-order valence-electron chi connectivity index (χ3n) is 4.12. The van der Waals surface area contributed by atoms with E-state index < -0.39 is 0 Å². The van der Waals surface area contributed by atoms with E-state index in [2.05, 4.69) is 12.0 Å². The maximum Gasteiger partial charge on any atom is 0.142 e. The molecule has 1 aliphatic rings. The van der Waals surface area contributed by atoms with Crippen molar-refractivity contribution in [2.75, 3.05) is 0 Å². The lowest BCUT2D eigenvalue weighted by molar-refractivity contribution is -0.123. The van der Waals surface area contributed by atoms with Gasteiger partial charge in [-0.2, -0.15) is 5.10 Å². The molecule has 2 unspecified atom stereocenters. The number of ketones is 1. The predicted molar refractivity (Wildman–Crippen MR) is 72.8 cm³/mol. The maximum absolute atomic E-state index is 12.3. The fraction of sp³-hybridized carbons (Fsp3) is 0.714. The smallest absolute Gasteiger partial charge is 0.142 e. The normalized spacial score (nSPS) is 23.6. The average molecular weight is 269 g/mol. The van der Waals surface area contributed by atoms with E-state index in [1.807, 2.05) is 14.0 Å². The lowest BCUT2D eigenvalue weighted by Crippen LogP contribution is -2.20. The zero-order valence-corrected chi connectivity index (χ0v) is 12.1. The summed E-state index contributed by atoms with van der Waals surface area (Å²) in [6.45, 7) is 4.21. The number of Topliss-reactive ketones (excluding diaryl/α,β-unsaturated/α-hetero) is 1. The highest BCUT2D eigenvalue weighted by atomic mass is 35.5. The maximum atomic E-state index is 12.3. The Balaban J connectivity index is 2.14. The van der Waals surface area contributed by atoms with Gasteiger partial charge in [0.05, 0.1) is 22.8 Å². The Morgan fingerprint density at radius 2 is 2.22 bits per heavy atom. The molecule has 1 aromatic rings. The zero-order chi connectivity index (χ0) is 13.3.